The second kappa shape index (κ2) is 5.48. The number of amidine groups is 1. The van der Waals surface area contributed by atoms with Gasteiger partial charge in [0.2, 0.25) is 0 Å². The summed E-state index contributed by atoms with van der Waals surface area (Å²) >= 11 is 0. The normalized spacial score (nSPS) is 11.6. The summed E-state index contributed by atoms with van der Waals surface area (Å²) in [5.41, 5.74) is 12.9. The Labute approximate surface area is 109 Å². The van der Waals surface area contributed by atoms with Crippen molar-refractivity contribution in [2.75, 3.05) is 5.73 Å². The maximum Gasteiger partial charge on any atom is 0.131 e. The molecule has 0 saturated carbocycles. The van der Waals surface area contributed by atoms with E-state index in [-0.39, 0.29) is 17.9 Å². The summed E-state index contributed by atoms with van der Waals surface area (Å²) in [5.74, 6) is -0.991. The Bertz CT molecular complexity index is 624. The number of nitrogens with zero attached hydrogens (tertiary/aromatic N) is 1. The third-order valence-corrected chi connectivity index (χ3v) is 2.62. The van der Waals surface area contributed by atoms with Crippen molar-refractivity contribution in [3.05, 3.63) is 65.2 Å². The van der Waals surface area contributed by atoms with Gasteiger partial charge in [0.25, 0.3) is 0 Å². The first kappa shape index (κ1) is 13.0. The van der Waals surface area contributed by atoms with Gasteiger partial charge < -0.3 is 11.5 Å². The molecule has 2 aromatic carbocycles. The molecule has 0 aliphatic carbocycles. The molecule has 0 saturated heterocycles. The minimum atomic E-state index is -0.635. The van der Waals surface area contributed by atoms with Crippen LogP contribution in [0, 0.1) is 11.6 Å². The number of hydrogen-bond donors (Lipinski definition) is 2. The highest BCUT2D eigenvalue weighted by Crippen LogP contribution is 2.11. The Morgan fingerprint density at radius 1 is 1.11 bits per heavy atom. The molecule has 0 radical (unpaired) electrons. The predicted molar refractivity (Wildman–Crippen MR) is 71.6 cm³/mol. The van der Waals surface area contributed by atoms with Gasteiger partial charge in [-0.25, -0.2) is 8.78 Å². The summed E-state index contributed by atoms with van der Waals surface area (Å²) in [4.78, 5) is 4.07. The SMILES string of the molecule is NC(=NCc1ccc(F)cc1F)c1cccc(N)c1. The fraction of sp³-hybridized carbons (Fsp3) is 0.0714. The molecule has 0 heterocycles. The molecule has 0 aliphatic rings. The van der Waals surface area contributed by atoms with Gasteiger partial charge in [0.1, 0.15) is 17.5 Å². The molecule has 3 nitrogen and oxygen atoms in total. The van der Waals surface area contributed by atoms with Gasteiger partial charge in [-0.3, -0.25) is 4.99 Å². The van der Waals surface area contributed by atoms with Crippen LogP contribution in [-0.2, 0) is 6.54 Å². The van der Waals surface area contributed by atoms with Gasteiger partial charge in [-0.2, -0.15) is 0 Å². The van der Waals surface area contributed by atoms with Crippen LogP contribution >= 0.6 is 0 Å². The monoisotopic (exact) mass is 261 g/mol. The quantitative estimate of drug-likeness (QED) is 0.506. The van der Waals surface area contributed by atoms with Crippen LogP contribution in [0.25, 0.3) is 0 Å². The Morgan fingerprint density at radius 3 is 2.58 bits per heavy atom. The summed E-state index contributed by atoms with van der Waals surface area (Å²) in [7, 11) is 0. The van der Waals surface area contributed by atoms with Gasteiger partial charge in [0, 0.05) is 22.9 Å². The van der Waals surface area contributed by atoms with Crippen LogP contribution in [-0.4, -0.2) is 5.84 Å². The zero-order chi connectivity index (χ0) is 13.8. The molecular formula is C14H13F2N3. The number of hydrogen-bond acceptors (Lipinski definition) is 2. The summed E-state index contributed by atoms with van der Waals surface area (Å²) in [6.07, 6.45) is 0. The second-order valence-electron chi connectivity index (χ2n) is 4.06. The zero-order valence-corrected chi connectivity index (χ0v) is 10.1. The first-order valence-electron chi connectivity index (χ1n) is 5.66. The van der Waals surface area contributed by atoms with Crippen LogP contribution < -0.4 is 11.5 Å². The Hall–Kier alpha value is -2.43. The van der Waals surface area contributed by atoms with Crippen molar-refractivity contribution < 1.29 is 8.78 Å². The molecule has 98 valence electrons. The molecule has 0 fully saturated rings. The molecule has 5 heteroatoms. The first-order valence-corrected chi connectivity index (χ1v) is 5.66. The van der Waals surface area contributed by atoms with Gasteiger partial charge in [-0.15, -0.1) is 0 Å². The van der Waals surface area contributed by atoms with E-state index in [1.54, 1.807) is 24.3 Å². The first-order chi connectivity index (χ1) is 9.06. The maximum absolute atomic E-state index is 13.4. The van der Waals surface area contributed by atoms with E-state index in [0.29, 0.717) is 11.3 Å². The fourth-order valence-electron chi connectivity index (χ4n) is 1.61. The number of aliphatic imine (C=N–C) groups is 1. The van der Waals surface area contributed by atoms with Crippen LogP contribution in [0.15, 0.2) is 47.5 Å². The highest BCUT2D eigenvalue weighted by molar-refractivity contribution is 5.98. The van der Waals surface area contributed by atoms with E-state index in [1.165, 1.54) is 12.1 Å². The van der Waals surface area contributed by atoms with Crippen molar-refractivity contribution in [2.24, 2.45) is 10.7 Å². The largest absolute Gasteiger partial charge is 0.399 e. The van der Waals surface area contributed by atoms with Gasteiger partial charge in [-0.05, 0) is 18.2 Å². The molecule has 19 heavy (non-hydrogen) atoms. The van der Waals surface area contributed by atoms with Gasteiger partial charge in [-0.1, -0.05) is 18.2 Å². The smallest absolute Gasteiger partial charge is 0.131 e. The lowest BCUT2D eigenvalue weighted by molar-refractivity contribution is 0.572. The van der Waals surface area contributed by atoms with Crippen LogP contribution in [0.5, 0.6) is 0 Å². The third-order valence-electron chi connectivity index (χ3n) is 2.62. The summed E-state index contributed by atoms with van der Waals surface area (Å²) in [6.45, 7) is 0.0484. The van der Waals surface area contributed by atoms with E-state index in [4.69, 9.17) is 11.5 Å². The number of halogens is 2. The molecule has 0 unspecified atom stereocenters. The predicted octanol–water partition coefficient (Wildman–Crippen LogP) is 2.45. The summed E-state index contributed by atoms with van der Waals surface area (Å²) in [6, 6.07) is 10.3. The van der Waals surface area contributed by atoms with E-state index in [0.717, 1.165) is 6.07 Å². The number of nitrogen functional groups attached to an aromatic ring is 1. The summed E-state index contributed by atoms with van der Waals surface area (Å²) in [5, 5.41) is 0. The topological polar surface area (TPSA) is 64.4 Å². The third kappa shape index (κ3) is 3.28. The average Bonchev–Trinajstić information content (AvgIpc) is 2.37. The molecule has 2 aromatic rings. The molecular weight excluding hydrogens is 248 g/mol. The highest BCUT2D eigenvalue weighted by Gasteiger charge is 2.04. The average molecular weight is 261 g/mol. The van der Waals surface area contributed by atoms with E-state index >= 15 is 0 Å². The van der Waals surface area contributed by atoms with E-state index < -0.39 is 11.6 Å². The van der Waals surface area contributed by atoms with Crippen LogP contribution in [0.3, 0.4) is 0 Å². The molecule has 0 atom stereocenters. The number of anilines is 1. The Kier molecular flexibility index (Phi) is 3.75. The van der Waals surface area contributed by atoms with Crippen molar-refractivity contribution in [2.45, 2.75) is 6.54 Å². The van der Waals surface area contributed by atoms with Crippen molar-refractivity contribution in [1.29, 1.82) is 0 Å². The van der Waals surface area contributed by atoms with Gasteiger partial charge in [0.15, 0.2) is 0 Å². The number of benzene rings is 2. The molecule has 2 rings (SSSR count). The lowest BCUT2D eigenvalue weighted by atomic mass is 10.2. The van der Waals surface area contributed by atoms with Crippen molar-refractivity contribution in [3.8, 4) is 0 Å². The van der Waals surface area contributed by atoms with Gasteiger partial charge >= 0.3 is 0 Å². The van der Waals surface area contributed by atoms with Crippen molar-refractivity contribution in [3.63, 3.8) is 0 Å². The standard InChI is InChI=1S/C14H13F2N3/c15-11-5-4-10(13(16)7-11)8-19-14(18)9-2-1-3-12(17)6-9/h1-7H,8,17H2,(H2,18,19). The number of nitrogens with two attached hydrogens (primary N) is 2. The molecule has 0 amide bonds. The lowest BCUT2D eigenvalue weighted by Gasteiger charge is -2.03. The van der Waals surface area contributed by atoms with Crippen LogP contribution in [0.2, 0.25) is 0 Å². The van der Waals surface area contributed by atoms with E-state index in [2.05, 4.69) is 4.99 Å². The number of rotatable bonds is 3. The molecule has 0 aromatic heterocycles. The molecule has 4 N–H and O–H groups in total. The Balaban J connectivity index is 2.18. The fourth-order valence-corrected chi connectivity index (χ4v) is 1.61. The second-order valence-corrected chi connectivity index (χ2v) is 4.06. The molecule has 0 bridgehead atoms. The van der Waals surface area contributed by atoms with Crippen LogP contribution in [0.4, 0.5) is 14.5 Å². The highest BCUT2D eigenvalue weighted by atomic mass is 19.1. The minimum absolute atomic E-state index is 0.0484. The lowest BCUT2D eigenvalue weighted by Crippen LogP contribution is -2.14. The van der Waals surface area contributed by atoms with Crippen molar-refractivity contribution >= 4 is 11.5 Å². The molecule has 0 aliphatic heterocycles. The Morgan fingerprint density at radius 2 is 1.89 bits per heavy atom. The van der Waals surface area contributed by atoms with Gasteiger partial charge in [0.05, 0.1) is 6.54 Å². The van der Waals surface area contributed by atoms with E-state index in [9.17, 15) is 8.78 Å². The zero-order valence-electron chi connectivity index (χ0n) is 10.1. The van der Waals surface area contributed by atoms with Crippen LogP contribution in [0.1, 0.15) is 11.1 Å². The summed E-state index contributed by atoms with van der Waals surface area (Å²) < 4.78 is 26.1. The molecule has 0 spiro atoms. The van der Waals surface area contributed by atoms with E-state index in [1.807, 2.05) is 0 Å². The van der Waals surface area contributed by atoms with Crippen molar-refractivity contribution in [1.82, 2.24) is 0 Å². The minimum Gasteiger partial charge on any atom is -0.399 e. The maximum atomic E-state index is 13.4.